The van der Waals surface area contributed by atoms with Crippen LogP contribution in [0.3, 0.4) is 0 Å². The van der Waals surface area contributed by atoms with E-state index in [9.17, 15) is 13.6 Å². The molecule has 2 N–H and O–H groups in total. The second-order valence-corrected chi connectivity index (χ2v) is 9.12. The first-order chi connectivity index (χ1) is 15.8. The van der Waals surface area contributed by atoms with Gasteiger partial charge in [-0.15, -0.1) is 0 Å². The van der Waals surface area contributed by atoms with E-state index in [1.165, 1.54) is 23.8 Å². The molecule has 1 fully saturated rings. The van der Waals surface area contributed by atoms with E-state index in [0.29, 0.717) is 28.3 Å². The van der Waals surface area contributed by atoms with E-state index < -0.39 is 11.6 Å². The molecular weight excluding hydrogens is 420 g/mol. The largest absolute Gasteiger partial charge is 0.359 e. The lowest BCUT2D eigenvalue weighted by Gasteiger charge is -2.29. The maximum absolute atomic E-state index is 14.6. The van der Waals surface area contributed by atoms with Crippen molar-refractivity contribution in [1.82, 2.24) is 9.88 Å². The van der Waals surface area contributed by atoms with Gasteiger partial charge in [-0.25, -0.2) is 8.78 Å². The summed E-state index contributed by atoms with van der Waals surface area (Å²) in [4.78, 5) is 18.8. The van der Waals surface area contributed by atoms with Gasteiger partial charge in [-0.05, 0) is 93.7 Å². The van der Waals surface area contributed by atoms with Crippen molar-refractivity contribution in [2.45, 2.75) is 32.6 Å². The zero-order valence-corrected chi connectivity index (χ0v) is 19.1. The highest BCUT2D eigenvalue weighted by atomic mass is 19.1. The molecule has 4 nitrogen and oxygen atoms in total. The van der Waals surface area contributed by atoms with Crippen LogP contribution >= 0.6 is 0 Å². The molecule has 0 bridgehead atoms. The number of rotatable bonds is 3. The summed E-state index contributed by atoms with van der Waals surface area (Å²) < 4.78 is 29.3. The van der Waals surface area contributed by atoms with Crippen LogP contribution in [0.4, 0.5) is 14.5 Å². The molecule has 33 heavy (non-hydrogen) atoms. The number of aryl methyl sites for hydroxylation is 1. The standard InChI is InChI=1S/C27H27F2N3O/c1-15-23(30-16(2)24(15)17-10-12-32(3)13-11-17)14-19-25-18(6-4-9-22(25)31-27(19)33)26-20(28)7-5-8-21(26)29/h4-9,14,17,30H,10-13H2,1-3H3,(H,31,33)/b19-14-. The average Bonchev–Trinajstić information content (AvgIpc) is 3.24. The number of anilines is 1. The summed E-state index contributed by atoms with van der Waals surface area (Å²) in [6, 6.07) is 8.92. The van der Waals surface area contributed by atoms with Crippen molar-refractivity contribution in [3.8, 4) is 11.1 Å². The minimum atomic E-state index is -0.654. The first-order valence-electron chi connectivity index (χ1n) is 11.3. The number of hydrogen-bond acceptors (Lipinski definition) is 2. The number of H-pyrrole nitrogens is 1. The van der Waals surface area contributed by atoms with Gasteiger partial charge in [-0.1, -0.05) is 18.2 Å². The molecule has 2 aromatic carbocycles. The highest BCUT2D eigenvalue weighted by Gasteiger charge is 2.30. The van der Waals surface area contributed by atoms with Gasteiger partial charge in [0.25, 0.3) is 5.91 Å². The van der Waals surface area contributed by atoms with E-state index in [4.69, 9.17) is 0 Å². The Bertz CT molecular complexity index is 1260. The molecule has 2 aliphatic rings. The molecular formula is C27H27F2N3O. The Kier molecular flexibility index (Phi) is 5.41. The third-order valence-electron chi connectivity index (χ3n) is 7.01. The van der Waals surface area contributed by atoms with Crippen molar-refractivity contribution in [2.75, 3.05) is 25.5 Å². The molecule has 1 amide bonds. The number of amides is 1. The molecule has 3 aromatic rings. The molecule has 2 aliphatic heterocycles. The summed E-state index contributed by atoms with van der Waals surface area (Å²) in [5.41, 5.74) is 6.16. The van der Waals surface area contributed by atoms with Crippen LogP contribution < -0.4 is 5.32 Å². The number of nitrogens with zero attached hydrogens (tertiary/aromatic N) is 1. The molecule has 5 rings (SSSR count). The first kappa shape index (κ1) is 21.6. The third-order valence-corrected chi connectivity index (χ3v) is 7.01. The van der Waals surface area contributed by atoms with Gasteiger partial charge >= 0.3 is 0 Å². The number of halogens is 2. The van der Waals surface area contributed by atoms with E-state index in [1.54, 1.807) is 18.2 Å². The summed E-state index contributed by atoms with van der Waals surface area (Å²) in [5.74, 6) is -1.10. The number of benzene rings is 2. The van der Waals surface area contributed by atoms with Crippen molar-refractivity contribution in [2.24, 2.45) is 0 Å². The normalized spacial score (nSPS) is 18.1. The minimum absolute atomic E-state index is 0.122. The van der Waals surface area contributed by atoms with Crippen molar-refractivity contribution >= 4 is 23.2 Å². The fourth-order valence-corrected chi connectivity index (χ4v) is 5.34. The number of hydrogen-bond donors (Lipinski definition) is 2. The van der Waals surface area contributed by atoms with Crippen molar-refractivity contribution < 1.29 is 13.6 Å². The van der Waals surface area contributed by atoms with E-state index in [1.807, 2.05) is 6.08 Å². The third kappa shape index (κ3) is 3.68. The van der Waals surface area contributed by atoms with E-state index in [0.717, 1.165) is 42.9 Å². The van der Waals surface area contributed by atoms with Crippen LogP contribution in [0, 0.1) is 25.5 Å². The lowest BCUT2D eigenvalue weighted by Crippen LogP contribution is -2.29. The van der Waals surface area contributed by atoms with Crippen LogP contribution in [-0.4, -0.2) is 35.9 Å². The summed E-state index contributed by atoms with van der Waals surface area (Å²) in [6.45, 7) is 6.29. The zero-order chi connectivity index (χ0) is 23.3. The van der Waals surface area contributed by atoms with Crippen molar-refractivity contribution in [3.05, 3.63) is 76.1 Å². The first-order valence-corrected chi connectivity index (χ1v) is 11.3. The number of likely N-dealkylation sites (tertiary alicyclic amines) is 1. The maximum atomic E-state index is 14.6. The van der Waals surface area contributed by atoms with Crippen LogP contribution in [0.25, 0.3) is 22.8 Å². The van der Waals surface area contributed by atoms with Gasteiger partial charge in [0, 0.05) is 22.6 Å². The topological polar surface area (TPSA) is 48.1 Å². The quantitative estimate of drug-likeness (QED) is 0.493. The van der Waals surface area contributed by atoms with Gasteiger partial charge in [0.2, 0.25) is 0 Å². The number of nitrogens with one attached hydrogen (secondary N) is 2. The molecule has 0 saturated carbocycles. The van der Waals surface area contributed by atoms with Gasteiger partial charge in [-0.3, -0.25) is 4.79 Å². The number of fused-ring (bicyclic) bond motifs is 1. The molecule has 0 radical (unpaired) electrons. The fraction of sp³-hybridized carbons (Fsp3) is 0.296. The molecule has 6 heteroatoms. The molecule has 0 unspecified atom stereocenters. The monoisotopic (exact) mass is 447 g/mol. The predicted molar refractivity (Wildman–Crippen MR) is 128 cm³/mol. The lowest BCUT2D eigenvalue weighted by atomic mass is 9.87. The Morgan fingerprint density at radius 2 is 1.67 bits per heavy atom. The van der Waals surface area contributed by atoms with Crippen LogP contribution in [0.5, 0.6) is 0 Å². The summed E-state index contributed by atoms with van der Waals surface area (Å²) >= 11 is 0. The minimum Gasteiger partial charge on any atom is -0.359 e. The zero-order valence-electron chi connectivity index (χ0n) is 19.1. The smallest absolute Gasteiger partial charge is 0.256 e. The molecule has 1 aromatic heterocycles. The van der Waals surface area contributed by atoms with Crippen LogP contribution in [0.15, 0.2) is 36.4 Å². The molecule has 170 valence electrons. The van der Waals surface area contributed by atoms with Gasteiger partial charge in [0.05, 0.1) is 11.1 Å². The second-order valence-electron chi connectivity index (χ2n) is 9.12. The fourth-order valence-electron chi connectivity index (χ4n) is 5.34. The van der Waals surface area contributed by atoms with Gasteiger partial charge in [0.15, 0.2) is 0 Å². The van der Waals surface area contributed by atoms with E-state index in [2.05, 4.69) is 36.1 Å². The highest BCUT2D eigenvalue weighted by molar-refractivity contribution is 6.36. The maximum Gasteiger partial charge on any atom is 0.256 e. The highest BCUT2D eigenvalue weighted by Crippen LogP contribution is 2.43. The van der Waals surface area contributed by atoms with Crippen LogP contribution in [-0.2, 0) is 4.79 Å². The molecule has 1 saturated heterocycles. The van der Waals surface area contributed by atoms with Gasteiger partial charge < -0.3 is 15.2 Å². The Balaban J connectivity index is 1.62. The van der Waals surface area contributed by atoms with Crippen LogP contribution in [0.2, 0.25) is 0 Å². The number of carbonyl (C=O) groups is 1. The average molecular weight is 448 g/mol. The Labute approximate surface area is 192 Å². The molecule has 0 spiro atoms. The molecule has 0 atom stereocenters. The Hall–Kier alpha value is -3.25. The Morgan fingerprint density at radius 1 is 1.00 bits per heavy atom. The summed E-state index contributed by atoms with van der Waals surface area (Å²) in [6.07, 6.45) is 4.03. The number of aromatic amines is 1. The Morgan fingerprint density at radius 3 is 2.36 bits per heavy atom. The van der Waals surface area contributed by atoms with Gasteiger partial charge in [-0.2, -0.15) is 0 Å². The summed E-state index contributed by atoms with van der Waals surface area (Å²) in [7, 11) is 2.15. The van der Waals surface area contributed by atoms with E-state index in [-0.39, 0.29) is 11.5 Å². The van der Waals surface area contributed by atoms with Gasteiger partial charge in [0.1, 0.15) is 11.6 Å². The lowest BCUT2D eigenvalue weighted by molar-refractivity contribution is -0.110. The second kappa shape index (κ2) is 8.27. The summed E-state index contributed by atoms with van der Waals surface area (Å²) in [5, 5.41) is 2.85. The molecule has 0 aliphatic carbocycles. The number of piperidine rings is 1. The van der Waals surface area contributed by atoms with Crippen molar-refractivity contribution in [1.29, 1.82) is 0 Å². The predicted octanol–water partition coefficient (Wildman–Crippen LogP) is 5.88. The SMILES string of the molecule is Cc1[nH]c(/C=C2\C(=O)Nc3cccc(-c4c(F)cccc4F)c32)c(C)c1C1CCN(C)CC1. The molecule has 3 heterocycles. The number of aromatic nitrogens is 1. The number of carbonyl (C=O) groups excluding carboxylic acids is 1. The van der Waals surface area contributed by atoms with Crippen LogP contribution in [0.1, 0.15) is 46.8 Å². The van der Waals surface area contributed by atoms with Crippen molar-refractivity contribution in [3.63, 3.8) is 0 Å². The van der Waals surface area contributed by atoms with E-state index >= 15 is 0 Å².